The van der Waals surface area contributed by atoms with Crippen molar-refractivity contribution >= 4 is 21.6 Å². The summed E-state index contributed by atoms with van der Waals surface area (Å²) in [6, 6.07) is 0. The average molecular weight is 261 g/mol. The summed E-state index contributed by atoms with van der Waals surface area (Å²) < 4.78 is 1.99. The van der Waals surface area contributed by atoms with Crippen LogP contribution in [0.4, 0.5) is 0 Å². The highest BCUT2D eigenvalue weighted by Crippen LogP contribution is 2.33. The minimum atomic E-state index is 0.549. The van der Waals surface area contributed by atoms with E-state index in [0.717, 1.165) is 23.2 Å². The molecule has 96 valence electrons. The van der Waals surface area contributed by atoms with Crippen LogP contribution in [0.15, 0.2) is 6.33 Å². The summed E-state index contributed by atoms with van der Waals surface area (Å²) in [5.74, 6) is 0.549. The van der Waals surface area contributed by atoms with Gasteiger partial charge in [-0.2, -0.15) is 0 Å². The minimum Gasteiger partial charge on any atom is -0.317 e. The Kier molecular flexibility index (Phi) is 2.98. The van der Waals surface area contributed by atoms with Gasteiger partial charge in [-0.25, -0.2) is 4.98 Å². The first-order valence-electron chi connectivity index (χ1n) is 6.71. The topological polar surface area (TPSA) is 41.7 Å². The molecule has 0 saturated heterocycles. The molecular weight excluding hydrogens is 242 g/mol. The highest BCUT2D eigenvalue weighted by Gasteiger charge is 2.18. The van der Waals surface area contributed by atoms with Crippen molar-refractivity contribution in [1.82, 2.24) is 9.55 Å². The van der Waals surface area contributed by atoms with Gasteiger partial charge in [-0.3, -0.25) is 5.41 Å². The number of fused-ring (bicyclic) bond motifs is 3. The molecular formula is C14H19N3S. The van der Waals surface area contributed by atoms with E-state index in [2.05, 4.69) is 18.8 Å². The molecule has 1 aliphatic rings. The molecule has 0 amide bonds. The van der Waals surface area contributed by atoms with Crippen LogP contribution in [0.5, 0.6) is 0 Å². The molecule has 2 heterocycles. The van der Waals surface area contributed by atoms with E-state index in [9.17, 15) is 0 Å². The molecule has 0 unspecified atom stereocenters. The van der Waals surface area contributed by atoms with Crippen molar-refractivity contribution in [3.63, 3.8) is 0 Å². The lowest BCUT2D eigenvalue weighted by molar-refractivity contribution is 0.501. The molecule has 0 aromatic carbocycles. The molecule has 2 aromatic heterocycles. The van der Waals surface area contributed by atoms with Crippen molar-refractivity contribution in [2.45, 2.75) is 46.1 Å². The fourth-order valence-corrected chi connectivity index (χ4v) is 3.97. The minimum absolute atomic E-state index is 0.549. The zero-order valence-electron chi connectivity index (χ0n) is 11.0. The fourth-order valence-electron chi connectivity index (χ4n) is 2.74. The molecule has 0 atom stereocenters. The van der Waals surface area contributed by atoms with Crippen molar-refractivity contribution in [2.75, 3.05) is 0 Å². The van der Waals surface area contributed by atoms with Gasteiger partial charge < -0.3 is 4.57 Å². The summed E-state index contributed by atoms with van der Waals surface area (Å²) in [4.78, 5) is 7.10. The Morgan fingerprint density at radius 1 is 1.39 bits per heavy atom. The Bertz CT molecular complexity index is 636. The molecule has 0 fully saturated rings. The van der Waals surface area contributed by atoms with Crippen molar-refractivity contribution in [3.8, 4) is 0 Å². The second-order valence-corrected chi connectivity index (χ2v) is 6.61. The van der Waals surface area contributed by atoms with E-state index in [4.69, 9.17) is 5.41 Å². The van der Waals surface area contributed by atoms with Crippen molar-refractivity contribution in [2.24, 2.45) is 5.92 Å². The third kappa shape index (κ3) is 1.88. The molecule has 3 nitrogen and oxygen atoms in total. The van der Waals surface area contributed by atoms with E-state index < -0.39 is 0 Å². The number of aryl methyl sites for hydroxylation is 2. The molecule has 0 saturated carbocycles. The second-order valence-electron chi connectivity index (χ2n) is 5.53. The van der Waals surface area contributed by atoms with Crippen LogP contribution in [-0.2, 0) is 19.4 Å². The van der Waals surface area contributed by atoms with Crippen LogP contribution in [0.2, 0.25) is 0 Å². The van der Waals surface area contributed by atoms with E-state index >= 15 is 0 Å². The maximum Gasteiger partial charge on any atom is 0.136 e. The number of aromatic nitrogens is 2. The quantitative estimate of drug-likeness (QED) is 0.886. The van der Waals surface area contributed by atoms with Gasteiger partial charge in [0.05, 0.1) is 11.7 Å². The van der Waals surface area contributed by atoms with Gasteiger partial charge in [-0.05, 0) is 37.2 Å². The molecule has 0 bridgehead atoms. The van der Waals surface area contributed by atoms with Gasteiger partial charge in [0.15, 0.2) is 0 Å². The second kappa shape index (κ2) is 4.50. The number of thiophene rings is 1. The average Bonchev–Trinajstić information content (AvgIpc) is 2.71. The number of hydrogen-bond donors (Lipinski definition) is 1. The third-order valence-corrected chi connectivity index (χ3v) is 4.75. The monoisotopic (exact) mass is 261 g/mol. The first kappa shape index (κ1) is 11.9. The summed E-state index contributed by atoms with van der Waals surface area (Å²) in [6.45, 7) is 5.24. The normalized spacial score (nSPS) is 15.3. The Hall–Kier alpha value is -1.16. The summed E-state index contributed by atoms with van der Waals surface area (Å²) in [7, 11) is 0. The summed E-state index contributed by atoms with van der Waals surface area (Å²) >= 11 is 1.80. The lowest BCUT2D eigenvalue weighted by Gasteiger charge is -2.12. The predicted molar refractivity (Wildman–Crippen MR) is 74.9 cm³/mol. The van der Waals surface area contributed by atoms with Gasteiger partial charge in [0.1, 0.15) is 10.3 Å². The van der Waals surface area contributed by atoms with E-state index in [1.807, 2.05) is 10.9 Å². The Balaban J connectivity index is 2.21. The number of hydrogen-bond acceptors (Lipinski definition) is 3. The highest BCUT2D eigenvalue weighted by molar-refractivity contribution is 7.18. The summed E-state index contributed by atoms with van der Waals surface area (Å²) in [5.41, 5.74) is 2.07. The Morgan fingerprint density at radius 3 is 2.94 bits per heavy atom. The third-order valence-electron chi connectivity index (χ3n) is 3.55. The van der Waals surface area contributed by atoms with E-state index in [1.54, 1.807) is 11.3 Å². The molecule has 3 rings (SSSR count). The Morgan fingerprint density at radius 2 is 2.17 bits per heavy atom. The maximum absolute atomic E-state index is 8.42. The predicted octanol–water partition coefficient (Wildman–Crippen LogP) is 3.11. The number of rotatable bonds is 2. The van der Waals surface area contributed by atoms with Crippen LogP contribution in [-0.4, -0.2) is 9.55 Å². The van der Waals surface area contributed by atoms with Crippen LogP contribution in [0.25, 0.3) is 10.2 Å². The van der Waals surface area contributed by atoms with Crippen molar-refractivity contribution in [3.05, 3.63) is 22.3 Å². The van der Waals surface area contributed by atoms with E-state index in [0.29, 0.717) is 11.4 Å². The smallest absolute Gasteiger partial charge is 0.136 e. The van der Waals surface area contributed by atoms with Crippen molar-refractivity contribution < 1.29 is 0 Å². The number of nitrogens with one attached hydrogen (secondary N) is 1. The molecule has 0 radical (unpaired) electrons. The zero-order valence-corrected chi connectivity index (χ0v) is 11.8. The van der Waals surface area contributed by atoms with E-state index in [1.165, 1.54) is 29.7 Å². The highest BCUT2D eigenvalue weighted by atomic mass is 32.1. The fraction of sp³-hybridized carbons (Fsp3) is 0.571. The van der Waals surface area contributed by atoms with Crippen LogP contribution in [0.1, 0.15) is 37.1 Å². The lowest BCUT2D eigenvalue weighted by atomic mass is 9.97. The van der Waals surface area contributed by atoms with Gasteiger partial charge in [-0.15, -0.1) is 11.3 Å². The molecule has 18 heavy (non-hydrogen) atoms. The van der Waals surface area contributed by atoms with Gasteiger partial charge >= 0.3 is 0 Å². The molecule has 0 spiro atoms. The first-order chi connectivity index (χ1) is 8.66. The molecule has 0 aliphatic heterocycles. The molecule has 2 aromatic rings. The molecule has 4 heteroatoms. The molecule has 1 aliphatic carbocycles. The van der Waals surface area contributed by atoms with Crippen LogP contribution >= 0.6 is 11.3 Å². The van der Waals surface area contributed by atoms with Gasteiger partial charge in [0.25, 0.3) is 0 Å². The van der Waals surface area contributed by atoms with Crippen LogP contribution in [0, 0.1) is 11.3 Å². The number of nitrogens with zero attached hydrogens (tertiary/aromatic N) is 2. The SMILES string of the molecule is CC(C)Cn1cnc2sc3c(c2c1=N)CCCC3. The first-order valence-corrected chi connectivity index (χ1v) is 7.52. The van der Waals surface area contributed by atoms with Gasteiger partial charge in [0, 0.05) is 11.4 Å². The summed E-state index contributed by atoms with van der Waals surface area (Å²) in [6.07, 6.45) is 6.71. The summed E-state index contributed by atoms with van der Waals surface area (Å²) in [5, 5.41) is 9.54. The van der Waals surface area contributed by atoms with Gasteiger partial charge in [-0.1, -0.05) is 13.8 Å². The van der Waals surface area contributed by atoms with Crippen LogP contribution in [0.3, 0.4) is 0 Å². The standard InChI is InChI=1S/C14H19N3S/c1-9(2)7-17-8-16-14-12(13(17)15)10-5-3-4-6-11(10)18-14/h8-9,15H,3-7H2,1-2H3. The van der Waals surface area contributed by atoms with Crippen molar-refractivity contribution in [1.29, 1.82) is 5.41 Å². The molecule has 1 N–H and O–H groups in total. The largest absolute Gasteiger partial charge is 0.317 e. The van der Waals surface area contributed by atoms with Gasteiger partial charge in [0.2, 0.25) is 0 Å². The maximum atomic E-state index is 8.42. The van der Waals surface area contributed by atoms with E-state index in [-0.39, 0.29) is 0 Å². The van der Waals surface area contributed by atoms with Crippen LogP contribution < -0.4 is 5.49 Å². The zero-order chi connectivity index (χ0) is 12.7. The lowest BCUT2D eigenvalue weighted by Crippen LogP contribution is -2.23. The Labute approximate surface area is 111 Å².